The maximum atomic E-state index is 12.1. The molecule has 0 bridgehead atoms. The van der Waals surface area contributed by atoms with Crippen molar-refractivity contribution in [2.45, 2.75) is 20.0 Å². The number of urea groups is 1. The summed E-state index contributed by atoms with van der Waals surface area (Å²) in [4.78, 5) is 13.7. The number of carbonyl (C=O) groups is 1. The van der Waals surface area contributed by atoms with Gasteiger partial charge in [-0.1, -0.05) is 57.9 Å². The Labute approximate surface area is 134 Å². The number of benzene rings is 2. The highest BCUT2D eigenvalue weighted by molar-refractivity contribution is 9.10. The molecule has 4 heteroatoms. The lowest BCUT2D eigenvalue weighted by atomic mass is 10.1. The molecule has 2 aromatic rings. The Morgan fingerprint density at radius 3 is 2.24 bits per heavy atom. The SMILES string of the molecule is Cc1ccc(CNC(=O)N(C)Cc2ccc(Br)cc2)cc1. The highest BCUT2D eigenvalue weighted by atomic mass is 79.9. The van der Waals surface area contributed by atoms with Crippen LogP contribution in [0.4, 0.5) is 4.79 Å². The standard InChI is InChI=1S/C17H19BrN2O/c1-13-3-5-14(6-4-13)11-19-17(21)20(2)12-15-7-9-16(18)10-8-15/h3-10H,11-12H2,1-2H3,(H,19,21). The second-order valence-electron chi connectivity index (χ2n) is 5.13. The third-order valence-electron chi connectivity index (χ3n) is 3.24. The van der Waals surface area contributed by atoms with E-state index in [1.807, 2.05) is 55.5 Å². The minimum absolute atomic E-state index is 0.0708. The molecule has 0 atom stereocenters. The normalized spacial score (nSPS) is 10.2. The molecule has 2 aromatic carbocycles. The molecule has 0 saturated carbocycles. The molecule has 0 aliphatic heterocycles. The molecule has 110 valence electrons. The third kappa shape index (κ3) is 4.90. The fourth-order valence-corrected chi connectivity index (χ4v) is 2.22. The Balaban J connectivity index is 1.84. The maximum absolute atomic E-state index is 12.1. The molecule has 21 heavy (non-hydrogen) atoms. The van der Waals surface area contributed by atoms with Crippen molar-refractivity contribution in [1.82, 2.24) is 10.2 Å². The van der Waals surface area contributed by atoms with Gasteiger partial charge in [0.15, 0.2) is 0 Å². The van der Waals surface area contributed by atoms with Crippen LogP contribution in [0.3, 0.4) is 0 Å². The molecule has 1 N–H and O–H groups in total. The summed E-state index contributed by atoms with van der Waals surface area (Å²) in [7, 11) is 1.80. The molecule has 0 spiro atoms. The molecule has 0 unspecified atom stereocenters. The average molecular weight is 347 g/mol. The summed E-state index contributed by atoms with van der Waals surface area (Å²) in [5.74, 6) is 0. The van der Waals surface area contributed by atoms with Crippen molar-refractivity contribution in [3.05, 3.63) is 69.7 Å². The quantitative estimate of drug-likeness (QED) is 0.887. The van der Waals surface area contributed by atoms with Gasteiger partial charge in [-0.2, -0.15) is 0 Å². The molecule has 0 aromatic heterocycles. The Morgan fingerprint density at radius 2 is 1.62 bits per heavy atom. The van der Waals surface area contributed by atoms with Crippen LogP contribution in [0.1, 0.15) is 16.7 Å². The van der Waals surface area contributed by atoms with Crippen LogP contribution in [0, 0.1) is 6.92 Å². The highest BCUT2D eigenvalue weighted by Crippen LogP contribution is 2.12. The molecular weight excluding hydrogens is 328 g/mol. The minimum Gasteiger partial charge on any atom is -0.334 e. The Bertz CT molecular complexity index is 593. The number of carbonyl (C=O) groups excluding carboxylic acids is 1. The van der Waals surface area contributed by atoms with Gasteiger partial charge in [0.05, 0.1) is 0 Å². The van der Waals surface area contributed by atoms with Gasteiger partial charge >= 0.3 is 6.03 Å². The zero-order valence-corrected chi connectivity index (χ0v) is 13.9. The van der Waals surface area contributed by atoms with E-state index in [-0.39, 0.29) is 6.03 Å². The number of rotatable bonds is 4. The number of nitrogens with zero attached hydrogens (tertiary/aromatic N) is 1. The van der Waals surface area contributed by atoms with Gasteiger partial charge in [-0.15, -0.1) is 0 Å². The molecule has 0 radical (unpaired) electrons. The first-order valence-electron chi connectivity index (χ1n) is 6.83. The number of amides is 2. The smallest absolute Gasteiger partial charge is 0.317 e. The highest BCUT2D eigenvalue weighted by Gasteiger charge is 2.08. The number of halogens is 1. The van der Waals surface area contributed by atoms with Crippen molar-refractivity contribution < 1.29 is 4.79 Å². The van der Waals surface area contributed by atoms with Crippen LogP contribution < -0.4 is 5.32 Å². The van der Waals surface area contributed by atoms with E-state index in [0.29, 0.717) is 13.1 Å². The fourth-order valence-electron chi connectivity index (χ4n) is 1.95. The van der Waals surface area contributed by atoms with Crippen LogP contribution in [0.15, 0.2) is 53.0 Å². The molecule has 0 fully saturated rings. The van der Waals surface area contributed by atoms with Crippen LogP contribution in [0.5, 0.6) is 0 Å². The lowest BCUT2D eigenvalue weighted by molar-refractivity contribution is 0.206. The van der Waals surface area contributed by atoms with Gasteiger partial charge in [-0.3, -0.25) is 0 Å². The number of aryl methyl sites for hydroxylation is 1. The summed E-state index contributed by atoms with van der Waals surface area (Å²) < 4.78 is 1.04. The fraction of sp³-hybridized carbons (Fsp3) is 0.235. The summed E-state index contributed by atoms with van der Waals surface area (Å²) in [5.41, 5.74) is 3.43. The van der Waals surface area contributed by atoms with Gasteiger partial charge in [-0.25, -0.2) is 4.79 Å². The lowest BCUT2D eigenvalue weighted by Gasteiger charge is -2.18. The van der Waals surface area contributed by atoms with E-state index in [2.05, 4.69) is 21.2 Å². The van der Waals surface area contributed by atoms with Gasteiger partial charge < -0.3 is 10.2 Å². The maximum Gasteiger partial charge on any atom is 0.317 e. The van der Waals surface area contributed by atoms with Crippen molar-refractivity contribution >= 4 is 22.0 Å². The predicted octanol–water partition coefficient (Wildman–Crippen LogP) is 4.10. The van der Waals surface area contributed by atoms with Crippen LogP contribution >= 0.6 is 15.9 Å². The first-order valence-corrected chi connectivity index (χ1v) is 7.63. The molecule has 3 nitrogen and oxygen atoms in total. The van der Waals surface area contributed by atoms with Crippen molar-refractivity contribution in [3.8, 4) is 0 Å². The van der Waals surface area contributed by atoms with Gasteiger partial charge in [-0.05, 0) is 30.2 Å². The summed E-state index contributed by atoms with van der Waals surface area (Å²) in [6.45, 7) is 3.19. The second kappa shape index (κ2) is 7.27. The monoisotopic (exact) mass is 346 g/mol. The van der Waals surface area contributed by atoms with Gasteiger partial charge in [0.2, 0.25) is 0 Å². The van der Waals surface area contributed by atoms with E-state index in [0.717, 1.165) is 15.6 Å². The van der Waals surface area contributed by atoms with Crippen molar-refractivity contribution in [2.75, 3.05) is 7.05 Å². The summed E-state index contributed by atoms with van der Waals surface area (Å²) in [6, 6.07) is 16.1. The third-order valence-corrected chi connectivity index (χ3v) is 3.77. The van der Waals surface area contributed by atoms with Gasteiger partial charge in [0.25, 0.3) is 0 Å². The first-order chi connectivity index (χ1) is 10.0. The van der Waals surface area contributed by atoms with Crippen molar-refractivity contribution in [2.24, 2.45) is 0 Å². The largest absolute Gasteiger partial charge is 0.334 e. The van der Waals surface area contributed by atoms with Crippen LogP contribution in [0.25, 0.3) is 0 Å². The van der Waals surface area contributed by atoms with E-state index in [9.17, 15) is 4.79 Å². The molecule has 0 heterocycles. The van der Waals surface area contributed by atoms with E-state index in [1.165, 1.54) is 5.56 Å². The Hall–Kier alpha value is -1.81. The molecule has 0 aliphatic rings. The lowest BCUT2D eigenvalue weighted by Crippen LogP contribution is -2.36. The summed E-state index contributed by atoms with van der Waals surface area (Å²) >= 11 is 3.40. The van der Waals surface area contributed by atoms with Crippen molar-refractivity contribution in [1.29, 1.82) is 0 Å². The van der Waals surface area contributed by atoms with Crippen LogP contribution in [-0.2, 0) is 13.1 Å². The molecule has 2 amide bonds. The van der Waals surface area contributed by atoms with Gasteiger partial charge in [0.1, 0.15) is 0 Å². The Kier molecular flexibility index (Phi) is 5.39. The number of hydrogen-bond acceptors (Lipinski definition) is 1. The van der Waals surface area contributed by atoms with E-state index < -0.39 is 0 Å². The van der Waals surface area contributed by atoms with E-state index >= 15 is 0 Å². The molecule has 2 rings (SSSR count). The Morgan fingerprint density at radius 1 is 1.05 bits per heavy atom. The predicted molar refractivity (Wildman–Crippen MR) is 89.0 cm³/mol. The van der Waals surface area contributed by atoms with Crippen LogP contribution in [0.2, 0.25) is 0 Å². The number of hydrogen-bond donors (Lipinski definition) is 1. The zero-order valence-electron chi connectivity index (χ0n) is 12.3. The summed E-state index contributed by atoms with van der Waals surface area (Å²) in [6.07, 6.45) is 0. The zero-order chi connectivity index (χ0) is 15.2. The minimum atomic E-state index is -0.0708. The van der Waals surface area contributed by atoms with E-state index in [4.69, 9.17) is 0 Å². The summed E-state index contributed by atoms with van der Waals surface area (Å²) in [5, 5.41) is 2.93. The average Bonchev–Trinajstić information content (AvgIpc) is 2.48. The molecule has 0 aliphatic carbocycles. The van der Waals surface area contributed by atoms with Crippen molar-refractivity contribution in [3.63, 3.8) is 0 Å². The molecular formula is C17H19BrN2O. The second-order valence-corrected chi connectivity index (χ2v) is 6.04. The van der Waals surface area contributed by atoms with Gasteiger partial charge in [0, 0.05) is 24.6 Å². The number of nitrogens with one attached hydrogen (secondary N) is 1. The molecule has 0 saturated heterocycles. The first kappa shape index (κ1) is 15.6. The topological polar surface area (TPSA) is 32.3 Å². The van der Waals surface area contributed by atoms with Crippen LogP contribution in [-0.4, -0.2) is 18.0 Å². The van der Waals surface area contributed by atoms with E-state index in [1.54, 1.807) is 11.9 Å².